The normalized spacial score (nSPS) is 13.0. The van der Waals surface area contributed by atoms with Gasteiger partial charge in [-0.15, -0.1) is 0 Å². The van der Waals surface area contributed by atoms with Gasteiger partial charge in [-0.05, 0) is 49.6 Å². The van der Waals surface area contributed by atoms with Gasteiger partial charge in [0.15, 0.2) is 0 Å². The Morgan fingerprint density at radius 2 is 2.00 bits per heavy atom. The fraction of sp³-hybridized carbons (Fsp3) is 0.333. The summed E-state index contributed by atoms with van der Waals surface area (Å²) in [4.78, 5) is 0. The van der Waals surface area contributed by atoms with Gasteiger partial charge >= 0.3 is 0 Å². The van der Waals surface area contributed by atoms with Crippen LogP contribution >= 0.6 is 31.9 Å². The van der Waals surface area contributed by atoms with Crippen molar-refractivity contribution >= 4 is 31.9 Å². The molecule has 0 aliphatic rings. The van der Waals surface area contributed by atoms with Crippen LogP contribution in [0.5, 0.6) is 0 Å². The average molecular weight is 296 g/mol. The summed E-state index contributed by atoms with van der Waals surface area (Å²) in [5, 5.41) is 0. The highest BCUT2D eigenvalue weighted by Gasteiger charge is 2.06. The smallest absolute Gasteiger partial charge is 0.0960 e. The summed E-state index contributed by atoms with van der Waals surface area (Å²) in [6.07, 6.45) is 0. The van der Waals surface area contributed by atoms with Gasteiger partial charge in [-0.25, -0.2) is 0 Å². The molecular weight excluding hydrogens is 287 g/mol. The highest BCUT2D eigenvalue weighted by Crippen LogP contribution is 2.27. The molecule has 3 heteroatoms. The number of rotatable bonds is 2. The van der Waals surface area contributed by atoms with Crippen molar-refractivity contribution in [2.24, 2.45) is 0 Å². The Balaban J connectivity index is 2.96. The molecule has 0 radical (unpaired) electrons. The number of alkyl halides is 1. The molecule has 0 aliphatic heterocycles. The monoisotopic (exact) mass is 294 g/mol. The quantitative estimate of drug-likeness (QED) is 0.764. The number of hydrogen-bond acceptors (Lipinski definition) is 0. The van der Waals surface area contributed by atoms with E-state index in [2.05, 4.69) is 31.9 Å². The lowest BCUT2D eigenvalue weighted by Gasteiger charge is -2.07. The zero-order valence-corrected chi connectivity index (χ0v) is 9.82. The van der Waals surface area contributed by atoms with Crippen LogP contribution < -0.4 is 0 Å². The highest BCUT2D eigenvalue weighted by atomic mass is 79.9. The van der Waals surface area contributed by atoms with E-state index in [0.717, 1.165) is 14.5 Å². The lowest BCUT2D eigenvalue weighted by molar-refractivity contribution is 0.447. The second-order valence-electron chi connectivity index (χ2n) is 2.73. The van der Waals surface area contributed by atoms with Crippen molar-refractivity contribution < 1.29 is 4.39 Å². The summed E-state index contributed by atoms with van der Waals surface area (Å²) in [5.74, 6) is -0.0191. The molecule has 0 aliphatic carbocycles. The summed E-state index contributed by atoms with van der Waals surface area (Å²) in [6, 6.07) is 5.79. The second kappa shape index (κ2) is 4.38. The molecule has 0 saturated carbocycles. The molecule has 0 spiro atoms. The first-order valence-electron chi connectivity index (χ1n) is 3.66. The summed E-state index contributed by atoms with van der Waals surface area (Å²) in [6.45, 7) is 1.56. The van der Waals surface area contributed by atoms with E-state index in [4.69, 9.17) is 0 Å². The molecule has 0 saturated heterocycles. The van der Waals surface area contributed by atoms with Crippen LogP contribution in [0.4, 0.5) is 4.39 Å². The summed E-state index contributed by atoms with van der Waals surface area (Å²) in [7, 11) is 0. The molecule has 1 aromatic carbocycles. The molecular formula is C9H9Br2F. The molecule has 1 aromatic rings. The molecule has 0 fully saturated rings. The molecule has 0 nitrogen and oxygen atoms in total. The third kappa shape index (κ3) is 2.30. The predicted molar refractivity (Wildman–Crippen MR) is 56.2 cm³/mol. The number of benzene rings is 1. The van der Waals surface area contributed by atoms with Gasteiger partial charge in [-0.2, -0.15) is 0 Å². The highest BCUT2D eigenvalue weighted by molar-refractivity contribution is 9.13. The number of halogens is 3. The zero-order valence-electron chi connectivity index (χ0n) is 6.65. The van der Waals surface area contributed by atoms with Crippen LogP contribution in [-0.2, 0) is 0 Å². The van der Waals surface area contributed by atoms with E-state index in [9.17, 15) is 4.39 Å². The van der Waals surface area contributed by atoms with Gasteiger partial charge < -0.3 is 0 Å². The van der Waals surface area contributed by atoms with E-state index < -0.39 is 0 Å². The van der Waals surface area contributed by atoms with Crippen LogP contribution in [0.2, 0.25) is 0 Å². The van der Waals surface area contributed by atoms with Gasteiger partial charge in [0.2, 0.25) is 0 Å². The van der Waals surface area contributed by atoms with Crippen molar-refractivity contribution in [3.63, 3.8) is 0 Å². The Labute approximate surface area is 88.4 Å². The minimum Gasteiger partial charge on any atom is -0.250 e. The minimum absolute atomic E-state index is 0.0191. The lowest BCUT2D eigenvalue weighted by Crippen LogP contribution is -1.94. The summed E-state index contributed by atoms with van der Waals surface area (Å²) in [5.41, 5.74) is 1.02. The third-order valence-corrected chi connectivity index (χ3v) is 3.62. The fourth-order valence-corrected chi connectivity index (χ4v) is 1.55. The van der Waals surface area contributed by atoms with Crippen LogP contribution in [0.1, 0.15) is 18.4 Å². The maximum atomic E-state index is 12.3. The largest absolute Gasteiger partial charge is 0.250 e. The van der Waals surface area contributed by atoms with Crippen molar-refractivity contribution in [1.82, 2.24) is 0 Å². The Morgan fingerprint density at radius 1 is 1.33 bits per heavy atom. The van der Waals surface area contributed by atoms with Crippen LogP contribution in [0.15, 0.2) is 27.1 Å². The Kier molecular flexibility index (Phi) is 3.72. The second-order valence-corrected chi connectivity index (χ2v) is 4.44. The predicted octanol–water partition coefficient (Wildman–Crippen LogP) is 4.28. The first-order valence-corrected chi connectivity index (χ1v) is 5.24. The minimum atomic E-state index is -0.311. The Hall–Kier alpha value is 0.110. The molecule has 12 heavy (non-hydrogen) atoms. The fourth-order valence-electron chi connectivity index (χ4n) is 0.908. The molecule has 1 rings (SSSR count). The average Bonchev–Trinajstić information content (AvgIpc) is 2.08. The summed E-state index contributed by atoms with van der Waals surface area (Å²) < 4.78 is 14.2. The maximum absolute atomic E-state index is 12.3. The van der Waals surface area contributed by atoms with E-state index in [-0.39, 0.29) is 12.6 Å². The molecule has 0 amide bonds. The van der Waals surface area contributed by atoms with Crippen molar-refractivity contribution in [1.29, 1.82) is 0 Å². The molecule has 66 valence electrons. The standard InChI is InChI=1S/C9H9Br2F/c1-6(5-12)7-2-3-8(10)9(11)4-7/h2-4,6H,5H2,1H3. The first-order chi connectivity index (χ1) is 5.65. The molecule has 0 bridgehead atoms. The summed E-state index contributed by atoms with van der Waals surface area (Å²) >= 11 is 6.73. The lowest BCUT2D eigenvalue weighted by atomic mass is 10.0. The Morgan fingerprint density at radius 3 is 2.50 bits per heavy atom. The van der Waals surface area contributed by atoms with Crippen molar-refractivity contribution in [2.75, 3.05) is 6.67 Å². The Bertz CT molecular complexity index is 273. The van der Waals surface area contributed by atoms with Gasteiger partial charge in [0.05, 0.1) is 6.67 Å². The van der Waals surface area contributed by atoms with E-state index in [1.807, 2.05) is 25.1 Å². The molecule has 0 N–H and O–H groups in total. The van der Waals surface area contributed by atoms with Crippen molar-refractivity contribution in [3.8, 4) is 0 Å². The van der Waals surface area contributed by atoms with Gasteiger partial charge in [-0.1, -0.05) is 13.0 Å². The van der Waals surface area contributed by atoms with Crippen LogP contribution in [-0.4, -0.2) is 6.67 Å². The van der Waals surface area contributed by atoms with Gasteiger partial charge in [-0.3, -0.25) is 4.39 Å². The molecule has 1 unspecified atom stereocenters. The van der Waals surface area contributed by atoms with Gasteiger partial charge in [0.25, 0.3) is 0 Å². The molecule has 0 aromatic heterocycles. The van der Waals surface area contributed by atoms with E-state index in [1.54, 1.807) is 0 Å². The number of hydrogen-bond donors (Lipinski definition) is 0. The van der Waals surface area contributed by atoms with Gasteiger partial charge in [0, 0.05) is 14.9 Å². The van der Waals surface area contributed by atoms with Crippen molar-refractivity contribution in [3.05, 3.63) is 32.7 Å². The third-order valence-electron chi connectivity index (χ3n) is 1.74. The maximum Gasteiger partial charge on any atom is 0.0960 e. The van der Waals surface area contributed by atoms with Crippen LogP contribution in [0, 0.1) is 0 Å². The van der Waals surface area contributed by atoms with Crippen LogP contribution in [0.25, 0.3) is 0 Å². The topological polar surface area (TPSA) is 0 Å². The first kappa shape index (κ1) is 10.2. The van der Waals surface area contributed by atoms with E-state index >= 15 is 0 Å². The zero-order chi connectivity index (χ0) is 9.14. The van der Waals surface area contributed by atoms with Crippen molar-refractivity contribution in [2.45, 2.75) is 12.8 Å². The molecule has 0 heterocycles. The SMILES string of the molecule is CC(CF)c1ccc(Br)c(Br)c1. The van der Waals surface area contributed by atoms with E-state index in [1.165, 1.54) is 0 Å². The van der Waals surface area contributed by atoms with E-state index in [0.29, 0.717) is 0 Å². The molecule has 1 atom stereocenters. The van der Waals surface area contributed by atoms with Crippen LogP contribution in [0.3, 0.4) is 0 Å². The van der Waals surface area contributed by atoms with Gasteiger partial charge in [0.1, 0.15) is 0 Å².